The summed E-state index contributed by atoms with van der Waals surface area (Å²) < 4.78 is 28.2. The normalized spacial score (nSPS) is 13.4. The standard InChI is InChI=1S/C11H19N3O2S/c1-4-13-17(15,16)14-11-8-6-5-7-10(11)9(2)12-3/h5-9,12-14H,4H2,1-3H3. The molecule has 5 nitrogen and oxygen atoms in total. The Balaban J connectivity index is 2.99. The van der Waals surface area contributed by atoms with Crippen LogP contribution in [0.15, 0.2) is 24.3 Å². The van der Waals surface area contributed by atoms with E-state index in [4.69, 9.17) is 0 Å². The number of nitrogens with one attached hydrogen (secondary N) is 3. The lowest BCUT2D eigenvalue weighted by Crippen LogP contribution is -2.30. The van der Waals surface area contributed by atoms with Crippen LogP contribution in [0.3, 0.4) is 0 Å². The molecule has 0 heterocycles. The smallest absolute Gasteiger partial charge is 0.299 e. The van der Waals surface area contributed by atoms with Crippen LogP contribution in [0, 0.1) is 0 Å². The van der Waals surface area contributed by atoms with E-state index >= 15 is 0 Å². The van der Waals surface area contributed by atoms with E-state index < -0.39 is 10.2 Å². The van der Waals surface area contributed by atoms with Gasteiger partial charge < -0.3 is 5.32 Å². The Bertz CT molecular complexity index is 460. The van der Waals surface area contributed by atoms with E-state index in [0.29, 0.717) is 12.2 Å². The predicted molar refractivity (Wildman–Crippen MR) is 70.1 cm³/mol. The molecule has 0 aromatic heterocycles. The maximum Gasteiger partial charge on any atom is 0.299 e. The molecular formula is C11H19N3O2S. The summed E-state index contributed by atoms with van der Waals surface area (Å²) in [5.41, 5.74) is 1.51. The van der Waals surface area contributed by atoms with Gasteiger partial charge in [0, 0.05) is 12.6 Å². The van der Waals surface area contributed by atoms with Crippen molar-refractivity contribution in [2.24, 2.45) is 0 Å². The van der Waals surface area contributed by atoms with Crippen molar-refractivity contribution in [2.75, 3.05) is 18.3 Å². The second-order valence-electron chi connectivity index (χ2n) is 3.70. The third-order valence-electron chi connectivity index (χ3n) is 2.44. The molecular weight excluding hydrogens is 238 g/mol. The molecule has 1 unspecified atom stereocenters. The van der Waals surface area contributed by atoms with Gasteiger partial charge in [-0.2, -0.15) is 13.1 Å². The Kier molecular flexibility index (Phi) is 4.92. The van der Waals surface area contributed by atoms with Crippen LogP contribution < -0.4 is 14.8 Å². The van der Waals surface area contributed by atoms with Gasteiger partial charge in [-0.25, -0.2) is 0 Å². The summed E-state index contributed by atoms with van der Waals surface area (Å²) in [6, 6.07) is 7.41. The van der Waals surface area contributed by atoms with Crippen LogP contribution in [0.25, 0.3) is 0 Å². The first kappa shape index (κ1) is 14.0. The van der Waals surface area contributed by atoms with E-state index in [2.05, 4.69) is 14.8 Å². The Morgan fingerprint density at radius 1 is 1.29 bits per heavy atom. The minimum Gasteiger partial charge on any atom is -0.313 e. The monoisotopic (exact) mass is 257 g/mol. The molecule has 0 aliphatic rings. The van der Waals surface area contributed by atoms with Gasteiger partial charge in [0.2, 0.25) is 0 Å². The maximum atomic E-state index is 11.6. The summed E-state index contributed by atoms with van der Waals surface area (Å²) in [6.45, 7) is 4.07. The van der Waals surface area contributed by atoms with Crippen LogP contribution in [-0.4, -0.2) is 22.0 Å². The van der Waals surface area contributed by atoms with E-state index in [0.717, 1.165) is 5.56 Å². The van der Waals surface area contributed by atoms with Gasteiger partial charge in [0.1, 0.15) is 0 Å². The molecule has 0 aliphatic heterocycles. The van der Waals surface area contributed by atoms with E-state index in [1.54, 1.807) is 19.1 Å². The second-order valence-corrected chi connectivity index (χ2v) is 5.20. The molecule has 17 heavy (non-hydrogen) atoms. The zero-order chi connectivity index (χ0) is 12.9. The van der Waals surface area contributed by atoms with Crippen LogP contribution in [-0.2, 0) is 10.2 Å². The molecule has 0 saturated carbocycles. The van der Waals surface area contributed by atoms with Crippen molar-refractivity contribution in [2.45, 2.75) is 19.9 Å². The van der Waals surface area contributed by atoms with Crippen molar-refractivity contribution in [3.63, 3.8) is 0 Å². The number of hydrogen-bond acceptors (Lipinski definition) is 3. The minimum absolute atomic E-state index is 0.0792. The Morgan fingerprint density at radius 3 is 2.53 bits per heavy atom. The fourth-order valence-corrected chi connectivity index (χ4v) is 2.42. The first-order valence-electron chi connectivity index (χ1n) is 5.53. The summed E-state index contributed by atoms with van der Waals surface area (Å²) in [5, 5.41) is 3.08. The van der Waals surface area contributed by atoms with Gasteiger partial charge in [-0.15, -0.1) is 0 Å². The van der Waals surface area contributed by atoms with Crippen LogP contribution >= 0.6 is 0 Å². The van der Waals surface area contributed by atoms with E-state index in [1.165, 1.54) is 0 Å². The van der Waals surface area contributed by atoms with Gasteiger partial charge in [0.15, 0.2) is 0 Å². The fraction of sp³-hybridized carbons (Fsp3) is 0.455. The van der Waals surface area contributed by atoms with Crippen LogP contribution in [0.1, 0.15) is 25.5 Å². The maximum absolute atomic E-state index is 11.6. The largest absolute Gasteiger partial charge is 0.313 e. The third-order valence-corrected chi connectivity index (χ3v) is 3.60. The third kappa shape index (κ3) is 3.99. The summed E-state index contributed by atoms with van der Waals surface area (Å²) in [4.78, 5) is 0. The van der Waals surface area contributed by atoms with Crippen molar-refractivity contribution in [3.8, 4) is 0 Å². The molecule has 6 heteroatoms. The first-order chi connectivity index (χ1) is 8.00. The van der Waals surface area contributed by atoms with Gasteiger partial charge >= 0.3 is 0 Å². The molecule has 1 aromatic rings. The summed E-state index contributed by atoms with van der Waals surface area (Å²) in [7, 11) is -1.64. The molecule has 0 fully saturated rings. The first-order valence-corrected chi connectivity index (χ1v) is 7.02. The fourth-order valence-electron chi connectivity index (χ4n) is 1.49. The highest BCUT2D eigenvalue weighted by Gasteiger charge is 2.13. The van der Waals surface area contributed by atoms with Gasteiger partial charge in [0.05, 0.1) is 5.69 Å². The number of hydrogen-bond donors (Lipinski definition) is 3. The highest BCUT2D eigenvalue weighted by atomic mass is 32.2. The summed E-state index contributed by atoms with van der Waals surface area (Å²) in [5.74, 6) is 0. The van der Waals surface area contributed by atoms with Gasteiger partial charge in [-0.1, -0.05) is 25.1 Å². The molecule has 0 radical (unpaired) electrons. The lowest BCUT2D eigenvalue weighted by atomic mass is 10.1. The highest BCUT2D eigenvalue weighted by molar-refractivity contribution is 7.90. The molecule has 1 atom stereocenters. The SMILES string of the molecule is CCNS(=O)(=O)Nc1ccccc1C(C)NC. The second kappa shape index (κ2) is 6.00. The molecule has 0 spiro atoms. The molecule has 0 amide bonds. The lowest BCUT2D eigenvalue weighted by Gasteiger charge is -2.17. The summed E-state index contributed by atoms with van der Waals surface area (Å²) >= 11 is 0. The van der Waals surface area contributed by atoms with Crippen molar-refractivity contribution in [1.29, 1.82) is 0 Å². The van der Waals surface area contributed by atoms with E-state index in [1.807, 2.05) is 26.1 Å². The molecule has 0 aliphatic carbocycles. The minimum atomic E-state index is -3.48. The van der Waals surface area contributed by atoms with Crippen LogP contribution in [0.4, 0.5) is 5.69 Å². The van der Waals surface area contributed by atoms with Crippen molar-refractivity contribution in [1.82, 2.24) is 10.0 Å². The summed E-state index contributed by atoms with van der Waals surface area (Å²) in [6.07, 6.45) is 0. The average Bonchev–Trinajstić information content (AvgIpc) is 2.28. The quantitative estimate of drug-likeness (QED) is 0.718. The van der Waals surface area contributed by atoms with E-state index in [9.17, 15) is 8.42 Å². The molecule has 96 valence electrons. The number of anilines is 1. The highest BCUT2D eigenvalue weighted by Crippen LogP contribution is 2.22. The predicted octanol–water partition coefficient (Wildman–Crippen LogP) is 1.23. The Morgan fingerprint density at radius 2 is 1.94 bits per heavy atom. The van der Waals surface area contributed by atoms with Crippen molar-refractivity contribution >= 4 is 15.9 Å². The number of para-hydroxylation sites is 1. The van der Waals surface area contributed by atoms with E-state index in [-0.39, 0.29) is 6.04 Å². The molecule has 3 N–H and O–H groups in total. The average molecular weight is 257 g/mol. The zero-order valence-corrected chi connectivity index (χ0v) is 11.1. The molecule has 0 saturated heterocycles. The number of rotatable bonds is 6. The van der Waals surface area contributed by atoms with Crippen molar-refractivity contribution < 1.29 is 8.42 Å². The molecule has 1 rings (SSSR count). The molecule has 0 bridgehead atoms. The van der Waals surface area contributed by atoms with Gasteiger partial charge in [-0.05, 0) is 25.6 Å². The topological polar surface area (TPSA) is 70.2 Å². The van der Waals surface area contributed by atoms with Crippen LogP contribution in [0.2, 0.25) is 0 Å². The van der Waals surface area contributed by atoms with Gasteiger partial charge in [-0.3, -0.25) is 4.72 Å². The Labute approximate surface area is 103 Å². The van der Waals surface area contributed by atoms with Crippen LogP contribution in [0.5, 0.6) is 0 Å². The lowest BCUT2D eigenvalue weighted by molar-refractivity contribution is 0.589. The number of benzene rings is 1. The van der Waals surface area contributed by atoms with Gasteiger partial charge in [0.25, 0.3) is 10.2 Å². The zero-order valence-electron chi connectivity index (χ0n) is 10.3. The Hall–Kier alpha value is -1.11. The molecule has 1 aromatic carbocycles. The van der Waals surface area contributed by atoms with Crippen molar-refractivity contribution in [3.05, 3.63) is 29.8 Å².